The van der Waals surface area contributed by atoms with Gasteiger partial charge in [0.2, 0.25) is 5.82 Å². The minimum Gasteiger partial charge on any atom is -0.329 e. The van der Waals surface area contributed by atoms with E-state index in [1.807, 2.05) is 0 Å². The molecular formula is C17H8F7N3O2. The zero-order chi connectivity index (χ0) is 21.4. The summed E-state index contributed by atoms with van der Waals surface area (Å²) in [5.74, 6) is -4.23. The maximum absolute atomic E-state index is 14.2. The molecule has 152 valence electrons. The Morgan fingerprint density at radius 1 is 0.931 bits per heavy atom. The Kier molecular flexibility index (Phi) is 5.03. The van der Waals surface area contributed by atoms with Crippen molar-refractivity contribution in [2.45, 2.75) is 12.4 Å². The number of hydrogen-bond donors (Lipinski definition) is 1. The molecule has 0 unspecified atom stereocenters. The van der Waals surface area contributed by atoms with E-state index >= 15 is 0 Å². The summed E-state index contributed by atoms with van der Waals surface area (Å²) in [5.41, 5.74) is -1.61. The molecule has 0 aliphatic heterocycles. The van der Waals surface area contributed by atoms with E-state index in [1.165, 1.54) is 0 Å². The van der Waals surface area contributed by atoms with Crippen molar-refractivity contribution in [2.24, 2.45) is 0 Å². The molecular weight excluding hydrogens is 411 g/mol. The summed E-state index contributed by atoms with van der Waals surface area (Å²) in [7, 11) is 0. The first-order valence-electron chi connectivity index (χ1n) is 7.64. The smallest absolute Gasteiger partial charge is 0.329 e. The largest absolute Gasteiger partial charge is 0.471 e. The minimum absolute atomic E-state index is 0.0144. The molecule has 12 heteroatoms. The Bertz CT molecular complexity index is 1040. The van der Waals surface area contributed by atoms with Crippen molar-refractivity contribution in [3.63, 3.8) is 0 Å². The molecule has 29 heavy (non-hydrogen) atoms. The highest BCUT2D eigenvalue weighted by molar-refractivity contribution is 6.04. The Morgan fingerprint density at radius 2 is 1.59 bits per heavy atom. The number of nitrogens with zero attached hydrogens (tertiary/aromatic N) is 2. The normalized spacial score (nSPS) is 12.1. The van der Waals surface area contributed by atoms with Crippen LogP contribution in [0.2, 0.25) is 0 Å². The van der Waals surface area contributed by atoms with E-state index in [9.17, 15) is 35.5 Å². The molecule has 0 atom stereocenters. The molecule has 3 aromatic rings. The summed E-state index contributed by atoms with van der Waals surface area (Å²) >= 11 is 0. The summed E-state index contributed by atoms with van der Waals surface area (Å²) in [6, 6.07) is 6.25. The van der Waals surface area contributed by atoms with Crippen molar-refractivity contribution in [2.75, 3.05) is 5.32 Å². The lowest BCUT2D eigenvalue weighted by atomic mass is 10.1. The van der Waals surface area contributed by atoms with Gasteiger partial charge >= 0.3 is 18.2 Å². The van der Waals surface area contributed by atoms with Crippen molar-refractivity contribution in [1.82, 2.24) is 10.1 Å². The van der Waals surface area contributed by atoms with Crippen LogP contribution in [0.25, 0.3) is 11.4 Å². The quantitative estimate of drug-likeness (QED) is 0.595. The fourth-order valence-corrected chi connectivity index (χ4v) is 2.24. The van der Waals surface area contributed by atoms with Gasteiger partial charge in [-0.1, -0.05) is 11.2 Å². The van der Waals surface area contributed by atoms with Crippen LogP contribution in [0.5, 0.6) is 0 Å². The highest BCUT2D eigenvalue weighted by atomic mass is 19.4. The molecule has 3 rings (SSSR count). The van der Waals surface area contributed by atoms with Crippen LogP contribution in [-0.2, 0) is 12.4 Å². The first-order chi connectivity index (χ1) is 13.4. The van der Waals surface area contributed by atoms with Gasteiger partial charge in [0.15, 0.2) is 0 Å². The number of benzene rings is 2. The highest BCUT2D eigenvalue weighted by Gasteiger charge is 2.38. The van der Waals surface area contributed by atoms with Crippen LogP contribution in [0.4, 0.5) is 36.4 Å². The maximum Gasteiger partial charge on any atom is 0.471 e. The SMILES string of the molecule is O=C(Nc1ccc(C(F)(F)F)cc1)c1ccc(-c2noc(C(F)(F)F)n2)cc1F. The van der Waals surface area contributed by atoms with Gasteiger partial charge in [-0.05, 0) is 36.4 Å². The molecule has 0 radical (unpaired) electrons. The van der Waals surface area contributed by atoms with Crippen LogP contribution in [0.3, 0.4) is 0 Å². The minimum atomic E-state index is -4.87. The van der Waals surface area contributed by atoms with E-state index in [4.69, 9.17) is 0 Å². The summed E-state index contributed by atoms with van der Waals surface area (Å²) in [6.07, 6.45) is -9.42. The third-order valence-corrected chi connectivity index (χ3v) is 3.61. The number of nitrogens with one attached hydrogen (secondary N) is 1. The van der Waals surface area contributed by atoms with Crippen molar-refractivity contribution in [3.05, 3.63) is 65.3 Å². The molecule has 0 spiro atoms. The molecule has 1 N–H and O–H groups in total. The number of carbonyl (C=O) groups excluding carboxylic acids is 1. The van der Waals surface area contributed by atoms with Crippen LogP contribution in [0.1, 0.15) is 21.8 Å². The van der Waals surface area contributed by atoms with Gasteiger partial charge in [-0.3, -0.25) is 4.79 Å². The highest BCUT2D eigenvalue weighted by Crippen LogP contribution is 2.31. The second kappa shape index (κ2) is 7.18. The summed E-state index contributed by atoms with van der Waals surface area (Å²) < 4.78 is 93.3. The number of carbonyl (C=O) groups is 1. The van der Waals surface area contributed by atoms with Crippen LogP contribution in [-0.4, -0.2) is 16.0 Å². The van der Waals surface area contributed by atoms with Gasteiger partial charge in [-0.15, -0.1) is 0 Å². The molecule has 1 amide bonds. The zero-order valence-corrected chi connectivity index (χ0v) is 13.9. The molecule has 0 saturated heterocycles. The predicted molar refractivity (Wildman–Crippen MR) is 84.1 cm³/mol. The standard InChI is InChI=1S/C17H8F7N3O2/c18-12-7-8(13-26-15(29-27-13)17(22,23)24)1-6-11(12)14(28)25-10-4-2-9(3-5-10)16(19,20)21/h1-7H,(H,25,28). The predicted octanol–water partition coefficient (Wildman–Crippen LogP) is 5.17. The van der Waals surface area contributed by atoms with Gasteiger partial charge in [0.25, 0.3) is 5.91 Å². The number of hydrogen-bond acceptors (Lipinski definition) is 4. The molecule has 5 nitrogen and oxygen atoms in total. The maximum atomic E-state index is 14.2. The van der Waals surface area contributed by atoms with E-state index in [-0.39, 0.29) is 11.3 Å². The molecule has 1 heterocycles. The van der Waals surface area contributed by atoms with E-state index in [0.717, 1.165) is 42.5 Å². The van der Waals surface area contributed by atoms with Gasteiger partial charge in [0.1, 0.15) is 5.82 Å². The third kappa shape index (κ3) is 4.52. The molecule has 0 saturated carbocycles. The topological polar surface area (TPSA) is 68.0 Å². The Balaban J connectivity index is 1.78. The first-order valence-corrected chi connectivity index (χ1v) is 7.64. The summed E-state index contributed by atoms with van der Waals surface area (Å²) in [4.78, 5) is 15.2. The van der Waals surface area contributed by atoms with Crippen molar-refractivity contribution >= 4 is 11.6 Å². The third-order valence-electron chi connectivity index (χ3n) is 3.61. The van der Waals surface area contributed by atoms with Crippen LogP contribution in [0.15, 0.2) is 47.0 Å². The van der Waals surface area contributed by atoms with Gasteiger partial charge in [0.05, 0.1) is 11.1 Å². The Labute approximate surface area is 157 Å². The second-order valence-corrected chi connectivity index (χ2v) is 5.64. The van der Waals surface area contributed by atoms with Crippen molar-refractivity contribution in [3.8, 4) is 11.4 Å². The van der Waals surface area contributed by atoms with Crippen LogP contribution in [0, 0.1) is 5.82 Å². The van der Waals surface area contributed by atoms with Crippen molar-refractivity contribution in [1.29, 1.82) is 0 Å². The fourth-order valence-electron chi connectivity index (χ4n) is 2.24. The summed E-state index contributed by atoms with van der Waals surface area (Å²) in [6.45, 7) is 0. The molecule has 0 aliphatic rings. The Hall–Kier alpha value is -3.44. The first kappa shape index (κ1) is 20.3. The number of amides is 1. The fraction of sp³-hybridized carbons (Fsp3) is 0.118. The van der Waals surface area contributed by atoms with Gasteiger partial charge < -0.3 is 9.84 Å². The van der Waals surface area contributed by atoms with E-state index < -0.39 is 46.9 Å². The number of anilines is 1. The molecule has 1 aromatic heterocycles. The van der Waals surface area contributed by atoms with Gasteiger partial charge in [-0.2, -0.15) is 31.3 Å². The second-order valence-electron chi connectivity index (χ2n) is 5.64. The lowest BCUT2D eigenvalue weighted by molar-refractivity contribution is -0.159. The van der Waals surface area contributed by atoms with E-state index in [0.29, 0.717) is 0 Å². The van der Waals surface area contributed by atoms with Crippen LogP contribution >= 0.6 is 0 Å². The van der Waals surface area contributed by atoms with Crippen LogP contribution < -0.4 is 5.32 Å². The number of alkyl halides is 6. The number of rotatable bonds is 3. The number of aromatic nitrogens is 2. The van der Waals surface area contributed by atoms with E-state index in [1.54, 1.807) is 0 Å². The average molecular weight is 419 g/mol. The molecule has 0 fully saturated rings. The van der Waals surface area contributed by atoms with E-state index in [2.05, 4.69) is 20.0 Å². The molecule has 2 aromatic carbocycles. The van der Waals surface area contributed by atoms with Crippen molar-refractivity contribution < 1.29 is 40.1 Å². The lowest BCUT2D eigenvalue weighted by Gasteiger charge is -2.09. The Morgan fingerprint density at radius 3 is 2.10 bits per heavy atom. The zero-order valence-electron chi connectivity index (χ0n) is 13.9. The number of halogens is 7. The van der Waals surface area contributed by atoms with Gasteiger partial charge in [0, 0.05) is 11.3 Å². The lowest BCUT2D eigenvalue weighted by Crippen LogP contribution is -2.14. The van der Waals surface area contributed by atoms with Gasteiger partial charge in [-0.25, -0.2) is 4.39 Å². The molecule has 0 aliphatic carbocycles. The molecule has 0 bridgehead atoms. The summed E-state index contributed by atoms with van der Waals surface area (Å²) in [5, 5.41) is 5.32. The average Bonchev–Trinajstić information content (AvgIpc) is 3.11. The monoisotopic (exact) mass is 419 g/mol.